The number of likely N-dealkylation sites (N-methyl/N-ethyl adjacent to an activating group) is 1. The molecule has 176 valence electrons. The van der Waals surface area contributed by atoms with Gasteiger partial charge >= 0.3 is 0 Å². The lowest BCUT2D eigenvalue weighted by atomic mass is 9.79. The molecule has 1 fully saturated rings. The first-order chi connectivity index (χ1) is 16.6. The average molecular weight is 455 g/mol. The third kappa shape index (κ3) is 4.82. The van der Waals surface area contributed by atoms with E-state index in [1.54, 1.807) is 0 Å². The van der Waals surface area contributed by atoms with Gasteiger partial charge in [-0.1, -0.05) is 60.7 Å². The third-order valence-corrected chi connectivity index (χ3v) is 7.32. The molecule has 6 nitrogen and oxygen atoms in total. The highest BCUT2D eigenvalue weighted by Crippen LogP contribution is 2.35. The molecule has 6 heteroatoms. The van der Waals surface area contributed by atoms with Gasteiger partial charge in [-0.2, -0.15) is 0 Å². The van der Waals surface area contributed by atoms with Gasteiger partial charge in [-0.15, -0.1) is 0 Å². The zero-order chi connectivity index (χ0) is 23.5. The molecule has 2 aliphatic heterocycles. The average Bonchev–Trinajstić information content (AvgIpc) is 2.88. The van der Waals surface area contributed by atoms with Crippen LogP contribution in [0.4, 0.5) is 5.95 Å². The smallest absolute Gasteiger partial charge is 0.223 e. The van der Waals surface area contributed by atoms with Crippen LogP contribution in [-0.4, -0.2) is 51.8 Å². The van der Waals surface area contributed by atoms with Gasteiger partial charge in [0.1, 0.15) is 5.84 Å². The van der Waals surface area contributed by atoms with Crippen molar-refractivity contribution in [3.63, 3.8) is 0 Å². The van der Waals surface area contributed by atoms with Crippen molar-refractivity contribution in [3.8, 4) is 0 Å². The summed E-state index contributed by atoms with van der Waals surface area (Å²) >= 11 is 0. The summed E-state index contributed by atoms with van der Waals surface area (Å²) in [5.41, 5.74) is 4.78. The van der Waals surface area contributed by atoms with E-state index in [0.717, 1.165) is 37.5 Å². The quantitative estimate of drug-likeness (QED) is 0.437. The van der Waals surface area contributed by atoms with Crippen molar-refractivity contribution in [1.29, 1.82) is 5.41 Å². The van der Waals surface area contributed by atoms with Gasteiger partial charge in [-0.3, -0.25) is 5.41 Å². The lowest BCUT2D eigenvalue weighted by Crippen LogP contribution is -2.49. The molecule has 0 unspecified atom stereocenters. The number of nitrogens with one attached hydrogen (secondary N) is 2. The SMILES string of the molecule is C[C@@H]1Cc2cnc(NCc3ccccc3)nc2CN1C(=N)[C@H]1CCN(C)C[C@@H]1c1ccccc1. The first kappa shape index (κ1) is 22.5. The van der Waals surface area contributed by atoms with Crippen molar-refractivity contribution >= 4 is 11.8 Å². The molecular formula is C28H34N6. The van der Waals surface area contributed by atoms with E-state index in [0.29, 0.717) is 25.0 Å². The van der Waals surface area contributed by atoms with Crippen LogP contribution >= 0.6 is 0 Å². The standard InChI is InChI=1S/C28H34N6/c1-20-15-23-17-31-28(30-16-21-9-5-3-6-10-21)32-26(23)19-34(20)27(29)24-13-14-33(2)18-25(24)22-11-7-4-8-12-22/h3-12,17,20,24-25,29H,13-16,18-19H2,1-2H3,(H,30,31,32)/t20-,24+,25-/m1/s1. The number of amidine groups is 1. The van der Waals surface area contributed by atoms with E-state index in [2.05, 4.69) is 76.5 Å². The molecule has 2 aromatic carbocycles. The Bertz CT molecular complexity index is 1120. The maximum absolute atomic E-state index is 9.29. The molecule has 0 spiro atoms. The molecule has 1 aromatic heterocycles. The van der Waals surface area contributed by atoms with Crippen molar-refractivity contribution in [2.45, 2.75) is 44.8 Å². The van der Waals surface area contributed by atoms with Crippen LogP contribution in [0, 0.1) is 11.3 Å². The number of hydrogen-bond acceptors (Lipinski definition) is 5. The summed E-state index contributed by atoms with van der Waals surface area (Å²) in [5.74, 6) is 1.98. The van der Waals surface area contributed by atoms with Gasteiger partial charge < -0.3 is 15.1 Å². The van der Waals surface area contributed by atoms with Gasteiger partial charge in [0.05, 0.1) is 12.2 Å². The van der Waals surface area contributed by atoms with Crippen molar-refractivity contribution < 1.29 is 0 Å². The molecule has 5 rings (SSSR count). The minimum Gasteiger partial charge on any atom is -0.351 e. The van der Waals surface area contributed by atoms with Crippen molar-refractivity contribution in [2.75, 3.05) is 25.5 Å². The second kappa shape index (κ2) is 9.94. The molecule has 0 amide bonds. The molecule has 2 aliphatic rings. The molecule has 2 N–H and O–H groups in total. The number of likely N-dealkylation sites (tertiary alicyclic amines) is 1. The molecule has 0 bridgehead atoms. The largest absolute Gasteiger partial charge is 0.351 e. The molecule has 1 saturated heterocycles. The topological polar surface area (TPSA) is 68.1 Å². The highest BCUT2D eigenvalue weighted by Gasteiger charge is 2.37. The third-order valence-electron chi connectivity index (χ3n) is 7.32. The first-order valence-electron chi connectivity index (χ1n) is 12.3. The van der Waals surface area contributed by atoms with Crippen molar-refractivity contribution in [2.24, 2.45) is 5.92 Å². The Labute approximate surface area is 202 Å². The maximum Gasteiger partial charge on any atom is 0.223 e. The van der Waals surface area contributed by atoms with Crippen molar-refractivity contribution in [1.82, 2.24) is 19.8 Å². The van der Waals surface area contributed by atoms with Gasteiger partial charge in [0, 0.05) is 37.2 Å². The molecule has 3 heterocycles. The van der Waals surface area contributed by atoms with Crippen LogP contribution in [0.25, 0.3) is 0 Å². The van der Waals surface area contributed by atoms with Gasteiger partial charge in [0.15, 0.2) is 0 Å². The molecule has 34 heavy (non-hydrogen) atoms. The minimum absolute atomic E-state index is 0.222. The number of anilines is 1. The molecular weight excluding hydrogens is 420 g/mol. The van der Waals surface area contributed by atoms with Gasteiger partial charge in [-0.25, -0.2) is 9.97 Å². The number of rotatable bonds is 5. The highest BCUT2D eigenvalue weighted by molar-refractivity contribution is 5.83. The molecule has 0 saturated carbocycles. The summed E-state index contributed by atoms with van der Waals surface area (Å²) in [6, 6.07) is 21.3. The zero-order valence-electron chi connectivity index (χ0n) is 20.1. The van der Waals surface area contributed by atoms with E-state index in [1.165, 1.54) is 16.7 Å². The minimum atomic E-state index is 0.222. The van der Waals surface area contributed by atoms with E-state index in [4.69, 9.17) is 4.98 Å². The molecule has 0 radical (unpaired) electrons. The Balaban J connectivity index is 1.33. The Hall–Kier alpha value is -3.25. The monoisotopic (exact) mass is 454 g/mol. The van der Waals surface area contributed by atoms with Crippen LogP contribution in [0.5, 0.6) is 0 Å². The van der Waals surface area contributed by atoms with Gasteiger partial charge in [-0.05, 0) is 50.0 Å². The van der Waals surface area contributed by atoms with E-state index in [-0.39, 0.29) is 12.0 Å². The first-order valence-corrected chi connectivity index (χ1v) is 12.3. The Kier molecular flexibility index (Phi) is 6.59. The Morgan fingerprint density at radius 2 is 1.82 bits per heavy atom. The lowest BCUT2D eigenvalue weighted by molar-refractivity contribution is 0.199. The number of aromatic nitrogens is 2. The summed E-state index contributed by atoms with van der Waals surface area (Å²) in [6.45, 7) is 5.62. The number of nitrogens with zero attached hydrogens (tertiary/aromatic N) is 4. The summed E-state index contributed by atoms with van der Waals surface area (Å²) in [4.78, 5) is 14.1. The lowest BCUT2D eigenvalue weighted by Gasteiger charge is -2.43. The Morgan fingerprint density at radius 3 is 2.59 bits per heavy atom. The summed E-state index contributed by atoms with van der Waals surface area (Å²) < 4.78 is 0. The highest BCUT2D eigenvalue weighted by atomic mass is 15.2. The van der Waals surface area contributed by atoms with Crippen LogP contribution in [-0.2, 0) is 19.5 Å². The van der Waals surface area contributed by atoms with Gasteiger partial charge in [0.25, 0.3) is 0 Å². The number of piperidine rings is 1. The fraction of sp³-hybridized carbons (Fsp3) is 0.393. The predicted molar refractivity (Wildman–Crippen MR) is 137 cm³/mol. The molecule has 0 aliphatic carbocycles. The summed E-state index contributed by atoms with van der Waals surface area (Å²) in [5, 5.41) is 12.7. The van der Waals surface area contributed by atoms with Gasteiger partial charge in [0.2, 0.25) is 5.95 Å². The fourth-order valence-corrected chi connectivity index (χ4v) is 5.37. The fourth-order valence-electron chi connectivity index (χ4n) is 5.37. The van der Waals surface area contributed by atoms with Crippen LogP contribution in [0.2, 0.25) is 0 Å². The number of benzene rings is 2. The number of hydrogen-bond donors (Lipinski definition) is 2. The zero-order valence-corrected chi connectivity index (χ0v) is 20.1. The second-order valence-electron chi connectivity index (χ2n) is 9.75. The van der Waals surface area contributed by atoms with E-state index >= 15 is 0 Å². The van der Waals surface area contributed by atoms with Crippen LogP contribution < -0.4 is 5.32 Å². The second-order valence-corrected chi connectivity index (χ2v) is 9.75. The predicted octanol–water partition coefficient (Wildman–Crippen LogP) is 4.55. The van der Waals surface area contributed by atoms with Crippen molar-refractivity contribution in [3.05, 3.63) is 89.2 Å². The van der Waals surface area contributed by atoms with Crippen LogP contribution in [0.1, 0.15) is 41.6 Å². The van der Waals surface area contributed by atoms with E-state index in [1.807, 2.05) is 24.4 Å². The normalized spacial score (nSPS) is 22.8. The van der Waals surface area contributed by atoms with Crippen LogP contribution in [0.3, 0.4) is 0 Å². The van der Waals surface area contributed by atoms with Crippen LogP contribution in [0.15, 0.2) is 66.9 Å². The maximum atomic E-state index is 9.29. The summed E-state index contributed by atoms with van der Waals surface area (Å²) in [6.07, 6.45) is 3.85. The summed E-state index contributed by atoms with van der Waals surface area (Å²) in [7, 11) is 2.19. The van der Waals surface area contributed by atoms with E-state index < -0.39 is 0 Å². The Morgan fingerprint density at radius 1 is 1.09 bits per heavy atom. The molecule has 3 aromatic rings. The van der Waals surface area contributed by atoms with E-state index in [9.17, 15) is 5.41 Å². The number of fused-ring (bicyclic) bond motifs is 1. The molecule has 3 atom stereocenters.